The van der Waals surface area contributed by atoms with Gasteiger partial charge in [-0.1, -0.05) is 6.07 Å². The smallest absolute Gasteiger partial charge is 0.170 e. The molecule has 5 nitrogen and oxygen atoms in total. The molecule has 0 bridgehead atoms. The molecule has 1 aliphatic rings. The molecule has 25 heavy (non-hydrogen) atoms. The summed E-state index contributed by atoms with van der Waals surface area (Å²) in [6, 6.07) is 11.0. The maximum absolute atomic E-state index is 5.69. The molecule has 0 aromatic carbocycles. The van der Waals surface area contributed by atoms with Gasteiger partial charge >= 0.3 is 0 Å². The zero-order chi connectivity index (χ0) is 18.0. The number of rotatable bonds is 6. The van der Waals surface area contributed by atoms with E-state index in [0.29, 0.717) is 6.04 Å². The minimum Gasteiger partial charge on any atom is -0.352 e. The van der Waals surface area contributed by atoms with E-state index in [2.05, 4.69) is 77.0 Å². The molecular formula is C19H27N5S. The number of likely N-dealkylation sites (N-methyl/N-ethyl adjacent to an activating group) is 1. The maximum atomic E-state index is 5.69. The summed E-state index contributed by atoms with van der Waals surface area (Å²) in [7, 11) is 4.18. The van der Waals surface area contributed by atoms with Crippen molar-refractivity contribution in [3.63, 3.8) is 0 Å². The van der Waals surface area contributed by atoms with Gasteiger partial charge in [0, 0.05) is 37.2 Å². The molecule has 0 saturated carbocycles. The highest BCUT2D eigenvalue weighted by molar-refractivity contribution is 7.80. The van der Waals surface area contributed by atoms with Crippen LogP contribution in [0.15, 0.2) is 42.7 Å². The number of aromatic nitrogens is 2. The Labute approximate surface area is 155 Å². The minimum absolute atomic E-state index is 0.0586. The fraction of sp³-hybridized carbons (Fsp3) is 0.474. The molecule has 2 atom stereocenters. The van der Waals surface area contributed by atoms with Gasteiger partial charge in [0.2, 0.25) is 0 Å². The summed E-state index contributed by atoms with van der Waals surface area (Å²) in [5.74, 6) is 0. The number of nitrogens with one attached hydrogen (secondary N) is 1. The van der Waals surface area contributed by atoms with E-state index in [9.17, 15) is 0 Å². The molecule has 1 saturated heterocycles. The molecule has 2 aromatic rings. The quantitative estimate of drug-likeness (QED) is 0.804. The van der Waals surface area contributed by atoms with Gasteiger partial charge in [0.1, 0.15) is 0 Å². The average molecular weight is 358 g/mol. The highest BCUT2D eigenvalue weighted by Gasteiger charge is 2.41. The third kappa shape index (κ3) is 3.70. The molecule has 0 spiro atoms. The van der Waals surface area contributed by atoms with Gasteiger partial charge in [0.25, 0.3) is 0 Å². The van der Waals surface area contributed by atoms with E-state index < -0.39 is 0 Å². The molecule has 1 fully saturated rings. The van der Waals surface area contributed by atoms with Gasteiger partial charge in [-0.3, -0.25) is 4.98 Å². The van der Waals surface area contributed by atoms with Crippen LogP contribution in [0, 0.1) is 0 Å². The zero-order valence-electron chi connectivity index (χ0n) is 15.4. The predicted octanol–water partition coefficient (Wildman–Crippen LogP) is 3.00. The SMILES string of the molecule is CC(C)n1cccc1[C@H]1[C@H](c2ccccn2)NC(=S)N1CCN(C)C. The number of hydrogen-bond acceptors (Lipinski definition) is 3. The summed E-state index contributed by atoms with van der Waals surface area (Å²) in [6.07, 6.45) is 4.00. The highest BCUT2D eigenvalue weighted by Crippen LogP contribution is 2.39. The second kappa shape index (κ2) is 7.54. The minimum atomic E-state index is 0.0586. The number of pyridine rings is 1. The summed E-state index contributed by atoms with van der Waals surface area (Å²) >= 11 is 5.69. The van der Waals surface area contributed by atoms with Crippen molar-refractivity contribution < 1.29 is 0 Å². The maximum Gasteiger partial charge on any atom is 0.170 e. The normalized spacial score (nSPS) is 20.6. The molecule has 6 heteroatoms. The molecule has 0 unspecified atom stereocenters. The molecule has 134 valence electrons. The molecule has 1 N–H and O–H groups in total. The largest absolute Gasteiger partial charge is 0.352 e. The first kappa shape index (κ1) is 17.9. The van der Waals surface area contributed by atoms with E-state index in [-0.39, 0.29) is 12.1 Å². The van der Waals surface area contributed by atoms with Gasteiger partial charge in [-0.05, 0) is 64.4 Å². The van der Waals surface area contributed by atoms with E-state index in [1.54, 1.807) is 0 Å². The monoisotopic (exact) mass is 357 g/mol. The molecule has 1 aliphatic heterocycles. The molecule has 0 aliphatic carbocycles. The van der Waals surface area contributed by atoms with E-state index in [1.165, 1.54) is 5.69 Å². The van der Waals surface area contributed by atoms with Crippen molar-refractivity contribution in [2.75, 3.05) is 27.2 Å². The lowest BCUT2D eigenvalue weighted by molar-refractivity contribution is 0.266. The molecular weight excluding hydrogens is 330 g/mol. The van der Waals surface area contributed by atoms with Crippen molar-refractivity contribution >= 4 is 17.3 Å². The summed E-state index contributed by atoms with van der Waals surface area (Å²) in [6.45, 7) is 6.26. The van der Waals surface area contributed by atoms with Crippen molar-refractivity contribution in [2.45, 2.75) is 32.0 Å². The van der Waals surface area contributed by atoms with Crippen LogP contribution in [0.3, 0.4) is 0 Å². The average Bonchev–Trinajstić information content (AvgIpc) is 3.18. The number of nitrogens with zero attached hydrogens (tertiary/aromatic N) is 4. The van der Waals surface area contributed by atoms with E-state index in [1.807, 2.05) is 18.3 Å². The summed E-state index contributed by atoms with van der Waals surface area (Å²) < 4.78 is 2.33. The molecule has 0 amide bonds. The first-order valence-electron chi connectivity index (χ1n) is 8.78. The van der Waals surface area contributed by atoms with E-state index >= 15 is 0 Å². The molecule has 3 heterocycles. The Hall–Kier alpha value is -1.92. The third-order valence-electron chi connectivity index (χ3n) is 4.66. The van der Waals surface area contributed by atoms with Gasteiger partial charge in [-0.25, -0.2) is 0 Å². The Bertz CT molecular complexity index is 710. The van der Waals surface area contributed by atoms with Crippen LogP contribution in [0.2, 0.25) is 0 Å². The first-order valence-corrected chi connectivity index (χ1v) is 9.19. The summed E-state index contributed by atoms with van der Waals surface area (Å²) in [5.41, 5.74) is 2.30. The van der Waals surface area contributed by atoms with Gasteiger partial charge in [-0.2, -0.15) is 0 Å². The van der Waals surface area contributed by atoms with Crippen molar-refractivity contribution in [3.05, 3.63) is 54.1 Å². The Morgan fingerprint density at radius 1 is 1.24 bits per heavy atom. The Morgan fingerprint density at radius 3 is 2.68 bits per heavy atom. The summed E-state index contributed by atoms with van der Waals surface area (Å²) in [5, 5.41) is 4.32. The zero-order valence-corrected chi connectivity index (χ0v) is 16.2. The van der Waals surface area contributed by atoms with Crippen molar-refractivity contribution in [1.82, 2.24) is 24.7 Å². The van der Waals surface area contributed by atoms with Crippen molar-refractivity contribution in [2.24, 2.45) is 0 Å². The second-order valence-electron chi connectivity index (χ2n) is 7.06. The van der Waals surface area contributed by atoms with Crippen molar-refractivity contribution in [1.29, 1.82) is 0 Å². The lowest BCUT2D eigenvalue weighted by Crippen LogP contribution is -2.36. The van der Waals surface area contributed by atoms with Crippen LogP contribution >= 0.6 is 12.2 Å². The van der Waals surface area contributed by atoms with Gasteiger partial charge in [-0.15, -0.1) is 0 Å². The van der Waals surface area contributed by atoms with Crippen LogP contribution in [0.1, 0.15) is 43.4 Å². The predicted molar refractivity (Wildman–Crippen MR) is 106 cm³/mol. The molecule has 3 rings (SSSR count). The fourth-order valence-electron chi connectivity index (χ4n) is 3.40. The second-order valence-corrected chi connectivity index (χ2v) is 7.44. The highest BCUT2D eigenvalue weighted by atomic mass is 32.1. The van der Waals surface area contributed by atoms with Crippen LogP contribution < -0.4 is 5.32 Å². The first-order chi connectivity index (χ1) is 12.0. The van der Waals surface area contributed by atoms with Crippen LogP contribution in [-0.4, -0.2) is 51.6 Å². The Morgan fingerprint density at radius 2 is 2.04 bits per heavy atom. The lowest BCUT2D eigenvalue weighted by atomic mass is 10.0. The lowest BCUT2D eigenvalue weighted by Gasteiger charge is -2.30. The van der Waals surface area contributed by atoms with Crippen LogP contribution in [-0.2, 0) is 0 Å². The van der Waals surface area contributed by atoms with E-state index in [0.717, 1.165) is 23.9 Å². The van der Waals surface area contributed by atoms with Gasteiger partial charge < -0.3 is 19.7 Å². The third-order valence-corrected chi connectivity index (χ3v) is 5.01. The van der Waals surface area contributed by atoms with Gasteiger partial charge in [0.15, 0.2) is 5.11 Å². The van der Waals surface area contributed by atoms with E-state index in [4.69, 9.17) is 12.2 Å². The van der Waals surface area contributed by atoms with Crippen LogP contribution in [0.5, 0.6) is 0 Å². The molecule has 2 aromatic heterocycles. The van der Waals surface area contributed by atoms with Crippen LogP contribution in [0.25, 0.3) is 0 Å². The molecule has 0 radical (unpaired) electrons. The number of hydrogen-bond donors (Lipinski definition) is 1. The number of thiocarbonyl (C=S) groups is 1. The fourth-order valence-corrected chi connectivity index (χ4v) is 3.74. The van der Waals surface area contributed by atoms with Crippen molar-refractivity contribution in [3.8, 4) is 0 Å². The Kier molecular flexibility index (Phi) is 5.39. The Balaban J connectivity index is 2.00. The van der Waals surface area contributed by atoms with Crippen LogP contribution in [0.4, 0.5) is 0 Å². The van der Waals surface area contributed by atoms with Gasteiger partial charge in [0.05, 0.1) is 17.8 Å². The summed E-state index contributed by atoms with van der Waals surface area (Å²) in [4.78, 5) is 9.09. The standard InChI is InChI=1S/C19H27N5S/c1-14(2)23-11-7-9-16(23)18-17(15-8-5-6-10-20-15)21-19(25)24(18)13-12-22(3)4/h5-11,14,17-18H,12-13H2,1-4H3,(H,21,25)/t17-,18-/m0/s1. The topological polar surface area (TPSA) is 36.3 Å².